The quantitative estimate of drug-likeness (QED) is 0.759. The van der Waals surface area contributed by atoms with E-state index in [1.807, 2.05) is 0 Å². The average molecular weight is 307 g/mol. The molecule has 0 aliphatic carbocycles. The molecule has 0 radical (unpaired) electrons. The van der Waals surface area contributed by atoms with E-state index in [2.05, 4.69) is 38.3 Å². The normalized spacial score (nSPS) is 24.1. The Hall–Kier alpha value is -0.320. The minimum absolute atomic E-state index is 0. The van der Waals surface area contributed by atoms with Gasteiger partial charge >= 0.3 is 0 Å². The number of carbonyl (C=O) groups is 1. The van der Waals surface area contributed by atoms with Crippen molar-refractivity contribution in [2.45, 2.75) is 59.1 Å². The predicted molar refractivity (Wildman–Crippen MR) is 85.3 cm³/mol. The Bertz CT molecular complexity index is 275. The molecule has 1 aliphatic heterocycles. The van der Waals surface area contributed by atoms with E-state index in [0.717, 1.165) is 25.9 Å². The summed E-state index contributed by atoms with van der Waals surface area (Å²) in [5, 5.41) is 6.46. The maximum absolute atomic E-state index is 11.8. The van der Waals surface area contributed by atoms with Crippen LogP contribution in [0.2, 0.25) is 0 Å². The van der Waals surface area contributed by atoms with Gasteiger partial charge in [-0.05, 0) is 44.7 Å². The Balaban J connectivity index is 0.00000361. The molecule has 1 amide bonds. The Labute approximate surface area is 129 Å². The highest BCUT2D eigenvalue weighted by atomic mass is 35.5. The summed E-state index contributed by atoms with van der Waals surface area (Å²) in [4.78, 5) is 11.8. The number of hydrogen-bond donors (Lipinski definition) is 2. The number of carbonyl (C=O) groups excluding carboxylic acids is 1. The molecular weight excluding hydrogens is 276 g/mol. The second-order valence-electron chi connectivity index (χ2n) is 6.21. The van der Waals surface area contributed by atoms with Gasteiger partial charge < -0.3 is 15.4 Å². The van der Waals surface area contributed by atoms with E-state index in [9.17, 15) is 4.79 Å². The molecule has 1 aliphatic rings. The summed E-state index contributed by atoms with van der Waals surface area (Å²) in [5.74, 6) is 1.27. The summed E-state index contributed by atoms with van der Waals surface area (Å²) in [6.07, 6.45) is 2.79. The average Bonchev–Trinajstić information content (AvgIpc) is 2.31. The first kappa shape index (κ1) is 19.7. The maximum atomic E-state index is 11.8. The van der Waals surface area contributed by atoms with E-state index in [0.29, 0.717) is 30.9 Å². The van der Waals surface area contributed by atoms with Crippen molar-refractivity contribution in [3.8, 4) is 0 Å². The molecule has 20 heavy (non-hydrogen) atoms. The van der Waals surface area contributed by atoms with Gasteiger partial charge in [-0.1, -0.05) is 20.8 Å². The molecule has 5 heteroatoms. The van der Waals surface area contributed by atoms with E-state index >= 15 is 0 Å². The molecule has 120 valence electrons. The van der Waals surface area contributed by atoms with Crippen LogP contribution in [0.1, 0.15) is 47.0 Å². The predicted octanol–water partition coefficient (Wildman–Crippen LogP) is 2.36. The van der Waals surface area contributed by atoms with Crippen molar-refractivity contribution in [1.82, 2.24) is 10.6 Å². The fourth-order valence-corrected chi connectivity index (χ4v) is 2.59. The number of piperidine rings is 1. The van der Waals surface area contributed by atoms with Crippen LogP contribution < -0.4 is 10.6 Å². The van der Waals surface area contributed by atoms with E-state index in [1.165, 1.54) is 0 Å². The molecule has 1 saturated heterocycles. The lowest BCUT2D eigenvalue weighted by atomic mass is 9.95. The molecule has 0 bridgehead atoms. The third-order valence-electron chi connectivity index (χ3n) is 3.67. The van der Waals surface area contributed by atoms with Crippen LogP contribution in [0.15, 0.2) is 0 Å². The summed E-state index contributed by atoms with van der Waals surface area (Å²) in [6, 6.07) is 0.321. The first-order valence-corrected chi connectivity index (χ1v) is 7.60. The molecule has 1 heterocycles. The highest BCUT2D eigenvalue weighted by molar-refractivity contribution is 5.85. The van der Waals surface area contributed by atoms with Crippen molar-refractivity contribution in [2.24, 2.45) is 11.8 Å². The number of halogens is 1. The minimum Gasteiger partial charge on any atom is -0.378 e. The first-order valence-electron chi connectivity index (χ1n) is 7.60. The fourth-order valence-electron chi connectivity index (χ4n) is 2.59. The third kappa shape index (κ3) is 8.08. The molecular formula is C15H31ClN2O2. The van der Waals surface area contributed by atoms with Crippen molar-refractivity contribution >= 4 is 18.3 Å². The molecule has 1 rings (SSSR count). The standard InChI is InChI=1S/C15H30N2O2.ClH/c1-11(2)9-13(4)19-8-6-15(18)17-14-5-7-16-10-12(14)3;/h11-14,16H,5-10H2,1-4H3,(H,17,18);1H. The van der Waals surface area contributed by atoms with E-state index in [4.69, 9.17) is 4.74 Å². The molecule has 0 aromatic carbocycles. The molecule has 0 aromatic heterocycles. The fraction of sp³-hybridized carbons (Fsp3) is 0.933. The van der Waals surface area contributed by atoms with Crippen molar-refractivity contribution < 1.29 is 9.53 Å². The third-order valence-corrected chi connectivity index (χ3v) is 3.67. The van der Waals surface area contributed by atoms with Crippen molar-refractivity contribution in [1.29, 1.82) is 0 Å². The van der Waals surface area contributed by atoms with Crippen LogP contribution in [0, 0.1) is 11.8 Å². The van der Waals surface area contributed by atoms with Crippen LogP contribution in [-0.4, -0.2) is 37.7 Å². The lowest BCUT2D eigenvalue weighted by Gasteiger charge is -2.30. The molecule has 3 unspecified atom stereocenters. The van der Waals surface area contributed by atoms with E-state index in [1.54, 1.807) is 0 Å². The number of hydrogen-bond acceptors (Lipinski definition) is 3. The van der Waals surface area contributed by atoms with Crippen molar-refractivity contribution in [3.05, 3.63) is 0 Å². The van der Waals surface area contributed by atoms with Crippen LogP contribution in [0.3, 0.4) is 0 Å². The van der Waals surface area contributed by atoms with Gasteiger partial charge in [0.15, 0.2) is 0 Å². The zero-order valence-corrected chi connectivity index (χ0v) is 14.1. The van der Waals surface area contributed by atoms with E-state index < -0.39 is 0 Å². The number of ether oxygens (including phenoxy) is 1. The molecule has 2 N–H and O–H groups in total. The van der Waals surface area contributed by atoms with Gasteiger partial charge in [-0.3, -0.25) is 4.79 Å². The molecule has 3 atom stereocenters. The number of amides is 1. The van der Waals surface area contributed by atoms with Crippen LogP contribution in [0.25, 0.3) is 0 Å². The van der Waals surface area contributed by atoms with Crippen LogP contribution in [0.4, 0.5) is 0 Å². The summed E-state index contributed by atoms with van der Waals surface area (Å²) >= 11 is 0. The molecule has 0 saturated carbocycles. The largest absolute Gasteiger partial charge is 0.378 e. The first-order chi connectivity index (χ1) is 8.99. The Morgan fingerprint density at radius 3 is 2.70 bits per heavy atom. The Morgan fingerprint density at radius 1 is 1.40 bits per heavy atom. The second-order valence-corrected chi connectivity index (χ2v) is 6.21. The van der Waals surface area contributed by atoms with Crippen LogP contribution >= 0.6 is 12.4 Å². The molecule has 0 spiro atoms. The molecule has 4 nitrogen and oxygen atoms in total. The van der Waals surface area contributed by atoms with Gasteiger partial charge in [0.2, 0.25) is 5.91 Å². The smallest absolute Gasteiger partial charge is 0.222 e. The topological polar surface area (TPSA) is 50.4 Å². The van der Waals surface area contributed by atoms with Gasteiger partial charge in [0.05, 0.1) is 12.7 Å². The number of nitrogens with one attached hydrogen (secondary N) is 2. The van der Waals surface area contributed by atoms with Gasteiger partial charge in [-0.2, -0.15) is 0 Å². The lowest BCUT2D eigenvalue weighted by molar-refractivity contribution is -0.123. The zero-order chi connectivity index (χ0) is 14.3. The minimum atomic E-state index is 0. The van der Waals surface area contributed by atoms with Gasteiger partial charge in [0.25, 0.3) is 0 Å². The second kappa shape index (κ2) is 10.4. The van der Waals surface area contributed by atoms with E-state index in [-0.39, 0.29) is 24.4 Å². The summed E-state index contributed by atoms with van der Waals surface area (Å²) < 4.78 is 5.67. The van der Waals surface area contributed by atoms with Gasteiger partial charge in [-0.25, -0.2) is 0 Å². The highest BCUT2D eigenvalue weighted by Gasteiger charge is 2.22. The van der Waals surface area contributed by atoms with Crippen LogP contribution in [-0.2, 0) is 9.53 Å². The number of rotatable bonds is 7. The summed E-state index contributed by atoms with van der Waals surface area (Å²) in [5.41, 5.74) is 0. The van der Waals surface area contributed by atoms with Gasteiger partial charge in [0, 0.05) is 12.5 Å². The van der Waals surface area contributed by atoms with Gasteiger partial charge in [-0.15, -0.1) is 12.4 Å². The highest BCUT2D eigenvalue weighted by Crippen LogP contribution is 2.11. The molecule has 0 aromatic rings. The summed E-state index contributed by atoms with van der Waals surface area (Å²) in [6.45, 7) is 11.1. The summed E-state index contributed by atoms with van der Waals surface area (Å²) in [7, 11) is 0. The molecule has 1 fully saturated rings. The lowest BCUT2D eigenvalue weighted by Crippen LogP contribution is -2.48. The Kier molecular flexibility index (Phi) is 10.2. The Morgan fingerprint density at radius 2 is 2.10 bits per heavy atom. The van der Waals surface area contributed by atoms with Crippen molar-refractivity contribution in [2.75, 3.05) is 19.7 Å². The van der Waals surface area contributed by atoms with Crippen LogP contribution in [0.5, 0.6) is 0 Å². The SMILES string of the molecule is CC(C)CC(C)OCCC(=O)NC1CCNCC1C.Cl. The monoisotopic (exact) mass is 306 g/mol. The van der Waals surface area contributed by atoms with Gasteiger partial charge in [0.1, 0.15) is 0 Å². The zero-order valence-electron chi connectivity index (χ0n) is 13.3. The van der Waals surface area contributed by atoms with Crippen molar-refractivity contribution in [3.63, 3.8) is 0 Å². The maximum Gasteiger partial charge on any atom is 0.222 e.